The van der Waals surface area contributed by atoms with E-state index in [2.05, 4.69) is 6.92 Å². The summed E-state index contributed by atoms with van der Waals surface area (Å²) in [5, 5.41) is 38.3. The normalized spacial score (nSPS) is 12.7. The highest BCUT2D eigenvalue weighted by molar-refractivity contribution is 7.99. The van der Waals surface area contributed by atoms with Crippen LogP contribution in [0.3, 0.4) is 0 Å². The molecule has 8 heteroatoms. The van der Waals surface area contributed by atoms with Gasteiger partial charge in [-0.2, -0.15) is 0 Å². The van der Waals surface area contributed by atoms with Gasteiger partial charge < -0.3 is 25.2 Å². The number of hydrogen-bond donors (Lipinski definition) is 4. The van der Waals surface area contributed by atoms with Crippen molar-refractivity contribution in [1.82, 2.24) is 0 Å². The molecule has 0 radical (unpaired) electrons. The summed E-state index contributed by atoms with van der Waals surface area (Å²) in [6.07, 6.45) is 10.1. The summed E-state index contributed by atoms with van der Waals surface area (Å²) in [6, 6.07) is 10.5. The minimum Gasteiger partial charge on any atom is -0.508 e. The first-order valence-corrected chi connectivity index (χ1v) is 13.6. The maximum atomic E-state index is 11.7. The van der Waals surface area contributed by atoms with Gasteiger partial charge >= 0.3 is 11.9 Å². The van der Waals surface area contributed by atoms with Crippen molar-refractivity contribution in [2.45, 2.75) is 87.4 Å². The van der Waals surface area contributed by atoms with Crippen molar-refractivity contribution in [3.63, 3.8) is 0 Å². The van der Waals surface area contributed by atoms with Crippen molar-refractivity contribution in [3.8, 4) is 11.5 Å². The fourth-order valence-corrected chi connectivity index (χ4v) is 5.14. The van der Waals surface area contributed by atoms with Gasteiger partial charge in [0.25, 0.3) is 0 Å². The highest BCUT2D eigenvalue weighted by Gasteiger charge is 2.31. The number of carboxylic acid groups (broad SMARTS) is 2. The maximum absolute atomic E-state index is 11.7. The van der Waals surface area contributed by atoms with Crippen LogP contribution < -0.4 is 4.74 Å². The summed E-state index contributed by atoms with van der Waals surface area (Å²) in [4.78, 5) is 23.5. The van der Waals surface area contributed by atoms with Gasteiger partial charge in [-0.15, -0.1) is 11.8 Å². The van der Waals surface area contributed by atoms with Crippen molar-refractivity contribution in [2.24, 2.45) is 0 Å². The van der Waals surface area contributed by atoms with Crippen LogP contribution in [0.25, 0.3) is 0 Å². The van der Waals surface area contributed by atoms with Crippen LogP contribution in [0.4, 0.5) is 0 Å². The Labute approximate surface area is 217 Å². The SMILES string of the molecule is CCCCCCCCCCCCOc1ccc(O)cc1C(Sc1cccc(C(=O)O)c1)C(O)C(=O)O. The average molecular weight is 519 g/mol. The zero-order valence-corrected chi connectivity index (χ0v) is 21.7. The van der Waals surface area contributed by atoms with Gasteiger partial charge in [-0.05, 0) is 42.8 Å². The van der Waals surface area contributed by atoms with Crippen LogP contribution in [0.5, 0.6) is 11.5 Å². The Hall–Kier alpha value is -2.71. The number of rotatable bonds is 18. The number of carboxylic acids is 2. The number of aromatic hydroxyl groups is 1. The van der Waals surface area contributed by atoms with Crippen molar-refractivity contribution >= 4 is 23.7 Å². The number of carbonyl (C=O) groups is 2. The van der Waals surface area contributed by atoms with E-state index in [0.717, 1.165) is 31.0 Å². The predicted octanol–water partition coefficient (Wildman–Crippen LogP) is 6.67. The molecular formula is C28H38O7S. The summed E-state index contributed by atoms with van der Waals surface area (Å²) in [6.45, 7) is 2.65. The molecule has 2 aromatic rings. The molecule has 198 valence electrons. The van der Waals surface area contributed by atoms with Gasteiger partial charge in [-0.3, -0.25) is 0 Å². The highest BCUT2D eigenvalue weighted by atomic mass is 32.2. The zero-order valence-electron chi connectivity index (χ0n) is 20.9. The molecule has 2 aromatic carbocycles. The molecule has 0 amide bonds. The molecule has 2 rings (SSSR count). The largest absolute Gasteiger partial charge is 0.508 e. The Kier molecular flexibility index (Phi) is 13.2. The van der Waals surface area contributed by atoms with Crippen LogP contribution in [0.15, 0.2) is 47.4 Å². The van der Waals surface area contributed by atoms with Crippen molar-refractivity contribution in [1.29, 1.82) is 0 Å². The van der Waals surface area contributed by atoms with Crippen LogP contribution in [0.1, 0.15) is 92.3 Å². The zero-order chi connectivity index (χ0) is 26.3. The number of aliphatic carboxylic acids is 1. The minimum atomic E-state index is -1.80. The molecule has 0 saturated heterocycles. The van der Waals surface area contributed by atoms with Crippen LogP contribution >= 0.6 is 11.8 Å². The molecule has 0 bridgehead atoms. The Morgan fingerprint density at radius 1 is 0.889 bits per heavy atom. The van der Waals surface area contributed by atoms with Gasteiger partial charge in [-0.25, -0.2) is 9.59 Å². The smallest absolute Gasteiger partial charge is 0.335 e. The van der Waals surface area contributed by atoms with Crippen LogP contribution in [0.2, 0.25) is 0 Å². The predicted molar refractivity (Wildman–Crippen MR) is 141 cm³/mol. The highest BCUT2D eigenvalue weighted by Crippen LogP contribution is 2.43. The Bertz CT molecular complexity index is 963. The van der Waals surface area contributed by atoms with Crippen molar-refractivity contribution in [3.05, 3.63) is 53.6 Å². The topological polar surface area (TPSA) is 124 Å². The Morgan fingerprint density at radius 2 is 1.53 bits per heavy atom. The van der Waals surface area contributed by atoms with Crippen LogP contribution in [0, 0.1) is 0 Å². The third-order valence-corrected chi connectivity index (χ3v) is 7.23. The summed E-state index contributed by atoms with van der Waals surface area (Å²) in [7, 11) is 0. The average Bonchev–Trinajstić information content (AvgIpc) is 2.86. The maximum Gasteiger partial charge on any atom is 0.335 e. The number of benzene rings is 2. The molecule has 2 atom stereocenters. The molecule has 4 N–H and O–H groups in total. The molecule has 0 aliphatic heterocycles. The Morgan fingerprint density at radius 3 is 2.14 bits per heavy atom. The molecule has 0 heterocycles. The molecule has 0 aromatic heterocycles. The molecule has 7 nitrogen and oxygen atoms in total. The second kappa shape index (κ2) is 16.1. The molecule has 0 aliphatic carbocycles. The lowest BCUT2D eigenvalue weighted by Crippen LogP contribution is -2.26. The lowest BCUT2D eigenvalue weighted by Gasteiger charge is -2.23. The van der Waals surface area contributed by atoms with Gasteiger partial charge in [0.15, 0.2) is 6.10 Å². The first-order chi connectivity index (χ1) is 17.3. The van der Waals surface area contributed by atoms with Gasteiger partial charge in [0.1, 0.15) is 11.5 Å². The quantitative estimate of drug-likeness (QED) is 0.127. The number of phenolic OH excluding ortho intramolecular Hbond substituents is 1. The van der Waals surface area contributed by atoms with E-state index in [1.54, 1.807) is 18.2 Å². The lowest BCUT2D eigenvalue weighted by atomic mass is 10.1. The minimum absolute atomic E-state index is 0.0527. The van der Waals surface area contributed by atoms with Crippen LogP contribution in [-0.4, -0.2) is 45.1 Å². The summed E-state index contributed by atoms with van der Waals surface area (Å²) >= 11 is 1.01. The fourth-order valence-electron chi connectivity index (χ4n) is 3.94. The molecule has 0 saturated carbocycles. The summed E-state index contributed by atoms with van der Waals surface area (Å²) in [5.41, 5.74) is 0.389. The molecule has 36 heavy (non-hydrogen) atoms. The number of aromatic carboxylic acids is 1. The Balaban J connectivity index is 2.01. The van der Waals surface area contributed by atoms with Gasteiger partial charge in [0.05, 0.1) is 17.4 Å². The molecule has 0 spiro atoms. The van der Waals surface area contributed by atoms with E-state index in [0.29, 0.717) is 22.8 Å². The van der Waals surface area contributed by atoms with Gasteiger partial charge in [-0.1, -0.05) is 70.8 Å². The number of thioether (sulfide) groups is 1. The van der Waals surface area contributed by atoms with Gasteiger partial charge in [0.2, 0.25) is 0 Å². The van der Waals surface area contributed by atoms with E-state index >= 15 is 0 Å². The first-order valence-electron chi connectivity index (χ1n) is 12.7. The van der Waals surface area contributed by atoms with E-state index in [4.69, 9.17) is 4.74 Å². The van der Waals surface area contributed by atoms with Crippen molar-refractivity contribution < 1.29 is 34.8 Å². The molecule has 0 aliphatic rings. The fraction of sp³-hybridized carbons (Fsp3) is 0.500. The number of aliphatic hydroxyl groups is 1. The van der Waals surface area contributed by atoms with E-state index < -0.39 is 23.3 Å². The first kappa shape index (κ1) is 29.5. The second-order valence-electron chi connectivity index (χ2n) is 8.91. The van der Waals surface area contributed by atoms with Crippen LogP contribution in [-0.2, 0) is 4.79 Å². The molecule has 2 unspecified atom stereocenters. The number of unbranched alkanes of at least 4 members (excludes halogenated alkanes) is 9. The summed E-state index contributed by atoms with van der Waals surface area (Å²) < 4.78 is 5.95. The number of ether oxygens (including phenoxy) is 1. The van der Waals surface area contributed by atoms with E-state index in [-0.39, 0.29) is 11.3 Å². The third kappa shape index (κ3) is 10.1. The number of phenols is 1. The molecule has 0 fully saturated rings. The number of hydrogen-bond acceptors (Lipinski definition) is 6. The van der Waals surface area contributed by atoms with Gasteiger partial charge in [0, 0.05) is 10.5 Å². The monoisotopic (exact) mass is 518 g/mol. The van der Waals surface area contributed by atoms with Crippen molar-refractivity contribution in [2.75, 3.05) is 6.61 Å². The van der Waals surface area contributed by atoms with E-state index in [1.807, 2.05) is 0 Å². The summed E-state index contributed by atoms with van der Waals surface area (Å²) in [5.74, 6) is -2.23. The molecular weight excluding hydrogens is 480 g/mol. The number of aliphatic hydroxyl groups excluding tert-OH is 1. The van der Waals surface area contributed by atoms with E-state index in [1.165, 1.54) is 69.2 Å². The second-order valence-corrected chi connectivity index (χ2v) is 10.1. The standard InChI is InChI=1S/C28H38O7S/c1-2-3-4-5-6-7-8-9-10-11-17-35-24-16-15-21(29)19-23(24)26(25(30)28(33)34)36-22-14-12-13-20(18-22)27(31)32/h12-16,18-19,25-26,29-30H,2-11,17H2,1H3,(H,31,32)(H,33,34). The lowest BCUT2D eigenvalue weighted by molar-refractivity contribution is -0.146. The van der Waals surface area contributed by atoms with E-state index in [9.17, 15) is 30.0 Å². The third-order valence-electron chi connectivity index (χ3n) is 5.94.